The van der Waals surface area contributed by atoms with Gasteiger partial charge < -0.3 is 5.73 Å². The van der Waals surface area contributed by atoms with Gasteiger partial charge in [-0.2, -0.15) is 13.9 Å². The highest BCUT2D eigenvalue weighted by Crippen LogP contribution is 2.21. The van der Waals surface area contributed by atoms with Crippen molar-refractivity contribution in [1.82, 2.24) is 9.78 Å². The summed E-state index contributed by atoms with van der Waals surface area (Å²) in [4.78, 5) is 0. The predicted octanol–water partition coefficient (Wildman–Crippen LogP) is 2.53. The van der Waals surface area contributed by atoms with E-state index in [-0.39, 0.29) is 0 Å². The summed E-state index contributed by atoms with van der Waals surface area (Å²) in [5.74, 6) is 0. The number of halogens is 2. The minimum atomic E-state index is -2.60. The van der Waals surface area contributed by atoms with Gasteiger partial charge in [0.1, 0.15) is 0 Å². The number of nitrogens with two attached hydrogens (primary N) is 1. The summed E-state index contributed by atoms with van der Waals surface area (Å²) in [7, 11) is 0. The lowest BCUT2D eigenvalue weighted by atomic mass is 10.1. The Morgan fingerprint density at radius 2 is 1.80 bits per heavy atom. The Kier molecular flexibility index (Phi) is 2.37. The number of aromatic nitrogens is 2. The first kappa shape index (κ1) is 9.64. The molecular weight excluding hydrogens is 200 g/mol. The van der Waals surface area contributed by atoms with E-state index < -0.39 is 6.55 Å². The van der Waals surface area contributed by atoms with Crippen LogP contribution in [0.15, 0.2) is 36.7 Å². The molecule has 15 heavy (non-hydrogen) atoms. The van der Waals surface area contributed by atoms with Crippen LogP contribution in [-0.2, 0) is 0 Å². The van der Waals surface area contributed by atoms with Crippen molar-refractivity contribution in [2.24, 2.45) is 0 Å². The van der Waals surface area contributed by atoms with Crippen LogP contribution in [0.25, 0.3) is 11.1 Å². The fourth-order valence-electron chi connectivity index (χ4n) is 1.27. The van der Waals surface area contributed by atoms with Crippen molar-refractivity contribution in [3.8, 4) is 11.1 Å². The Morgan fingerprint density at radius 1 is 1.13 bits per heavy atom. The van der Waals surface area contributed by atoms with Crippen molar-refractivity contribution in [3.63, 3.8) is 0 Å². The van der Waals surface area contributed by atoms with Crippen LogP contribution in [0.5, 0.6) is 0 Å². The monoisotopic (exact) mass is 209 g/mol. The van der Waals surface area contributed by atoms with E-state index >= 15 is 0 Å². The lowest BCUT2D eigenvalue weighted by Crippen LogP contribution is -1.96. The highest BCUT2D eigenvalue weighted by Gasteiger charge is 2.08. The number of anilines is 1. The molecule has 0 bridgehead atoms. The second-order valence-electron chi connectivity index (χ2n) is 3.11. The molecule has 2 aromatic rings. The van der Waals surface area contributed by atoms with Crippen molar-refractivity contribution >= 4 is 5.69 Å². The zero-order valence-corrected chi connectivity index (χ0v) is 7.77. The average Bonchev–Trinajstić information content (AvgIpc) is 2.68. The molecule has 0 spiro atoms. The molecule has 0 aliphatic carbocycles. The summed E-state index contributed by atoms with van der Waals surface area (Å²) in [6, 6.07) is 6.97. The minimum Gasteiger partial charge on any atom is -0.399 e. The summed E-state index contributed by atoms with van der Waals surface area (Å²) in [6.45, 7) is -2.60. The number of benzene rings is 1. The lowest BCUT2D eigenvalue weighted by molar-refractivity contribution is 0.0566. The summed E-state index contributed by atoms with van der Waals surface area (Å²) >= 11 is 0. The molecule has 0 aliphatic heterocycles. The third kappa shape index (κ3) is 1.96. The van der Waals surface area contributed by atoms with Crippen LogP contribution >= 0.6 is 0 Å². The number of alkyl halides is 2. The van der Waals surface area contributed by atoms with Crippen LogP contribution in [0.3, 0.4) is 0 Å². The fraction of sp³-hybridized carbons (Fsp3) is 0.100. The molecule has 3 nitrogen and oxygen atoms in total. The van der Waals surface area contributed by atoms with Gasteiger partial charge in [0.05, 0.1) is 6.20 Å². The second kappa shape index (κ2) is 3.68. The van der Waals surface area contributed by atoms with Crippen molar-refractivity contribution in [2.75, 3.05) is 5.73 Å². The van der Waals surface area contributed by atoms with E-state index in [0.29, 0.717) is 15.9 Å². The van der Waals surface area contributed by atoms with Crippen molar-refractivity contribution in [3.05, 3.63) is 36.7 Å². The van der Waals surface area contributed by atoms with Gasteiger partial charge in [-0.3, -0.25) is 0 Å². The number of rotatable bonds is 2. The van der Waals surface area contributed by atoms with Crippen LogP contribution < -0.4 is 5.73 Å². The molecule has 0 atom stereocenters. The molecule has 0 unspecified atom stereocenters. The molecule has 5 heteroatoms. The maximum absolute atomic E-state index is 12.2. The van der Waals surface area contributed by atoms with Crippen molar-refractivity contribution in [2.45, 2.75) is 6.55 Å². The molecular formula is C10H9F2N3. The van der Waals surface area contributed by atoms with Gasteiger partial charge in [0.2, 0.25) is 0 Å². The van der Waals surface area contributed by atoms with Gasteiger partial charge in [0.15, 0.2) is 0 Å². The molecule has 0 fully saturated rings. The Morgan fingerprint density at radius 3 is 2.33 bits per heavy atom. The number of nitrogen functional groups attached to an aromatic ring is 1. The molecule has 0 radical (unpaired) electrons. The standard InChI is InChI=1S/C10H9F2N3/c11-10(12)15-6-8(5-14-15)7-1-3-9(13)4-2-7/h1-6,10H,13H2. The van der Waals surface area contributed by atoms with Gasteiger partial charge in [-0.05, 0) is 17.7 Å². The molecule has 0 amide bonds. The molecule has 1 heterocycles. The van der Waals surface area contributed by atoms with Gasteiger partial charge in [0.25, 0.3) is 0 Å². The zero-order chi connectivity index (χ0) is 10.8. The maximum Gasteiger partial charge on any atom is 0.333 e. The molecule has 2 N–H and O–H groups in total. The number of hydrogen-bond acceptors (Lipinski definition) is 2. The van der Waals surface area contributed by atoms with E-state index in [4.69, 9.17) is 5.73 Å². The van der Waals surface area contributed by atoms with E-state index in [9.17, 15) is 8.78 Å². The molecule has 0 saturated carbocycles. The minimum absolute atomic E-state index is 0.617. The highest BCUT2D eigenvalue weighted by molar-refractivity contribution is 5.63. The van der Waals surface area contributed by atoms with Gasteiger partial charge in [-0.1, -0.05) is 12.1 Å². The average molecular weight is 209 g/mol. The summed E-state index contributed by atoms with van der Waals surface area (Å²) in [6.07, 6.45) is 2.70. The van der Waals surface area contributed by atoms with Crippen LogP contribution in [0.2, 0.25) is 0 Å². The summed E-state index contributed by atoms with van der Waals surface area (Å²) in [5.41, 5.74) is 7.62. The van der Waals surface area contributed by atoms with E-state index in [1.54, 1.807) is 24.3 Å². The summed E-state index contributed by atoms with van der Waals surface area (Å²) < 4.78 is 25.1. The Hall–Kier alpha value is -1.91. The van der Waals surface area contributed by atoms with Gasteiger partial charge in [0, 0.05) is 17.4 Å². The first-order chi connectivity index (χ1) is 7.16. The Labute approximate surface area is 85.1 Å². The quantitative estimate of drug-likeness (QED) is 0.772. The number of hydrogen-bond donors (Lipinski definition) is 1. The van der Waals surface area contributed by atoms with Gasteiger partial charge in [-0.25, -0.2) is 4.68 Å². The molecule has 1 aromatic carbocycles. The van der Waals surface area contributed by atoms with Crippen LogP contribution in [0.1, 0.15) is 6.55 Å². The normalized spacial score (nSPS) is 10.9. The van der Waals surface area contributed by atoms with Gasteiger partial charge >= 0.3 is 6.55 Å². The van der Waals surface area contributed by atoms with Crippen molar-refractivity contribution < 1.29 is 8.78 Å². The third-order valence-electron chi connectivity index (χ3n) is 2.05. The van der Waals surface area contributed by atoms with E-state index in [1.165, 1.54) is 12.4 Å². The van der Waals surface area contributed by atoms with Crippen LogP contribution in [0, 0.1) is 0 Å². The number of nitrogens with zero attached hydrogens (tertiary/aromatic N) is 2. The van der Waals surface area contributed by atoms with Crippen LogP contribution in [-0.4, -0.2) is 9.78 Å². The first-order valence-corrected chi connectivity index (χ1v) is 4.35. The van der Waals surface area contributed by atoms with Crippen LogP contribution in [0.4, 0.5) is 14.5 Å². The lowest BCUT2D eigenvalue weighted by Gasteiger charge is -1.98. The fourth-order valence-corrected chi connectivity index (χ4v) is 1.27. The first-order valence-electron chi connectivity index (χ1n) is 4.35. The molecule has 78 valence electrons. The second-order valence-corrected chi connectivity index (χ2v) is 3.11. The zero-order valence-electron chi connectivity index (χ0n) is 7.77. The third-order valence-corrected chi connectivity index (χ3v) is 2.05. The van der Waals surface area contributed by atoms with E-state index in [0.717, 1.165) is 5.56 Å². The largest absolute Gasteiger partial charge is 0.399 e. The van der Waals surface area contributed by atoms with E-state index in [2.05, 4.69) is 5.10 Å². The molecule has 1 aromatic heterocycles. The summed E-state index contributed by atoms with van der Waals surface area (Å²) in [5, 5.41) is 3.55. The molecule has 2 rings (SSSR count). The highest BCUT2D eigenvalue weighted by atomic mass is 19.3. The SMILES string of the molecule is Nc1ccc(-c2cnn(C(F)F)c2)cc1. The Bertz CT molecular complexity index is 448. The maximum atomic E-state index is 12.2. The molecule has 0 aliphatic rings. The van der Waals surface area contributed by atoms with Gasteiger partial charge in [-0.15, -0.1) is 0 Å². The Balaban J connectivity index is 2.33. The topological polar surface area (TPSA) is 43.8 Å². The van der Waals surface area contributed by atoms with E-state index in [1.807, 2.05) is 0 Å². The smallest absolute Gasteiger partial charge is 0.333 e. The van der Waals surface area contributed by atoms with Crippen molar-refractivity contribution in [1.29, 1.82) is 0 Å². The predicted molar refractivity (Wildman–Crippen MR) is 53.3 cm³/mol. The molecule has 0 saturated heterocycles.